The number of anilines is 2. The maximum atomic E-state index is 2.62. The van der Waals surface area contributed by atoms with Gasteiger partial charge in [0.25, 0.3) is 0 Å². The Labute approximate surface area is 345 Å². The smallest absolute Gasteiger partial charge is 0.0688 e. The molecule has 8 aromatic rings. The van der Waals surface area contributed by atoms with E-state index in [-0.39, 0.29) is 17.4 Å². The molecule has 13 rings (SSSR count). The molecule has 0 radical (unpaired) electrons. The summed E-state index contributed by atoms with van der Waals surface area (Å²) in [6, 6.07) is 67.2. The normalized spacial score (nSPS) is 19.3. The van der Waals surface area contributed by atoms with Crippen LogP contribution < -0.4 is 4.90 Å². The number of allylic oxidation sites excluding steroid dienone is 4. The molecular weight excluding hydrogens is 711 g/mol. The molecule has 4 aliphatic carbocycles. The van der Waals surface area contributed by atoms with Crippen molar-refractivity contribution in [1.82, 2.24) is 0 Å². The molecule has 3 unspecified atom stereocenters. The summed E-state index contributed by atoms with van der Waals surface area (Å²) in [6.45, 7) is 0. The first-order valence-corrected chi connectivity index (χ1v) is 21.3. The Morgan fingerprint density at radius 3 is 2.12 bits per heavy atom. The molecule has 0 N–H and O–H groups in total. The van der Waals surface area contributed by atoms with Crippen molar-refractivity contribution in [1.29, 1.82) is 0 Å². The minimum atomic E-state index is -0.293. The number of nitrogens with zero attached hydrogens (tertiary/aromatic N) is 1. The second kappa shape index (κ2) is 12.5. The molecule has 0 saturated heterocycles. The van der Waals surface area contributed by atoms with Gasteiger partial charge in [0, 0.05) is 17.2 Å². The predicted molar refractivity (Wildman–Crippen MR) is 245 cm³/mol. The van der Waals surface area contributed by atoms with Crippen molar-refractivity contribution in [2.75, 3.05) is 4.90 Å². The van der Waals surface area contributed by atoms with E-state index in [2.05, 4.69) is 205 Å². The van der Waals surface area contributed by atoms with E-state index in [1.54, 1.807) is 5.57 Å². The molecule has 1 spiro atoms. The van der Waals surface area contributed by atoms with Gasteiger partial charge < -0.3 is 4.90 Å². The molecule has 278 valence electrons. The van der Waals surface area contributed by atoms with Crippen molar-refractivity contribution in [2.45, 2.75) is 36.6 Å². The largest absolute Gasteiger partial charge is 0.333 e. The summed E-state index contributed by atoms with van der Waals surface area (Å²) in [4.78, 5) is 2.62. The number of fused-ring (bicyclic) bond motifs is 13. The van der Waals surface area contributed by atoms with Crippen LogP contribution in [0.25, 0.3) is 44.7 Å². The van der Waals surface area contributed by atoms with Crippen molar-refractivity contribution < 1.29 is 0 Å². The van der Waals surface area contributed by atoms with E-state index in [0.717, 1.165) is 19.3 Å². The minimum Gasteiger partial charge on any atom is -0.333 e. The Hall–Kier alpha value is -6.96. The average Bonchev–Trinajstić information content (AvgIpc) is 3.77. The molecule has 59 heavy (non-hydrogen) atoms. The highest BCUT2D eigenvalue weighted by Crippen LogP contribution is 2.64. The molecule has 5 aliphatic rings. The van der Waals surface area contributed by atoms with Gasteiger partial charge in [0.15, 0.2) is 0 Å². The van der Waals surface area contributed by atoms with Gasteiger partial charge in [-0.05, 0) is 126 Å². The summed E-state index contributed by atoms with van der Waals surface area (Å²) in [6.07, 6.45) is 12.6. The Morgan fingerprint density at radius 2 is 1.24 bits per heavy atom. The lowest BCUT2D eigenvalue weighted by Crippen LogP contribution is -2.29. The molecule has 0 fully saturated rings. The van der Waals surface area contributed by atoms with Crippen LogP contribution in [0.1, 0.15) is 81.3 Å². The monoisotopic (exact) mass is 751 g/mol. The summed E-state index contributed by atoms with van der Waals surface area (Å²) in [5.41, 5.74) is 23.0. The van der Waals surface area contributed by atoms with E-state index in [4.69, 9.17) is 0 Å². The lowest BCUT2D eigenvalue weighted by Gasteiger charge is -2.42. The second-order valence-corrected chi connectivity index (χ2v) is 16.9. The number of hydrogen-bond donors (Lipinski definition) is 0. The number of rotatable bonds is 4. The first-order chi connectivity index (χ1) is 29.3. The third-order valence-electron chi connectivity index (χ3n) is 14.2. The van der Waals surface area contributed by atoms with Crippen molar-refractivity contribution in [3.8, 4) is 22.3 Å². The van der Waals surface area contributed by atoms with Crippen LogP contribution in [0, 0.1) is 0 Å². The van der Waals surface area contributed by atoms with Gasteiger partial charge >= 0.3 is 0 Å². The highest BCUT2D eigenvalue weighted by molar-refractivity contribution is 6.07. The third-order valence-corrected chi connectivity index (χ3v) is 14.2. The SMILES string of the molecule is C1=CC2=C(CC1)C1(c3ccccc32)c2ccccc2-c2ccc(C(c3ccccc3)c3ccc(N4c5ccc6ccccc6c5-c5cccc6c5C4CC=C6)cc3)cc21. The van der Waals surface area contributed by atoms with Crippen LogP contribution in [-0.4, -0.2) is 0 Å². The fourth-order valence-corrected chi connectivity index (χ4v) is 11.9. The van der Waals surface area contributed by atoms with Crippen LogP contribution in [0.4, 0.5) is 11.4 Å². The van der Waals surface area contributed by atoms with Gasteiger partial charge in [0.05, 0.1) is 17.1 Å². The molecule has 0 bridgehead atoms. The van der Waals surface area contributed by atoms with Gasteiger partial charge in [-0.3, -0.25) is 0 Å². The fourth-order valence-electron chi connectivity index (χ4n) is 11.9. The summed E-state index contributed by atoms with van der Waals surface area (Å²) in [5.74, 6) is 0.0650. The molecule has 1 nitrogen and oxygen atoms in total. The van der Waals surface area contributed by atoms with E-state index in [1.165, 1.54) is 100 Å². The summed E-state index contributed by atoms with van der Waals surface area (Å²) >= 11 is 0. The van der Waals surface area contributed by atoms with Gasteiger partial charge in [-0.15, -0.1) is 0 Å². The van der Waals surface area contributed by atoms with Gasteiger partial charge in [-0.1, -0.05) is 182 Å². The van der Waals surface area contributed by atoms with Crippen LogP contribution in [0.15, 0.2) is 200 Å². The molecule has 8 aromatic carbocycles. The van der Waals surface area contributed by atoms with Crippen LogP contribution in [0.5, 0.6) is 0 Å². The standard InChI is InChI=1S/C58H41N/c1-2-15-38(16-3-1)55(41-30-34-47-46-22-8-11-26-51(46)58(52(47)36-41)49-24-9-6-20-44(49)45-21-7-10-25-50(45)58)40-28-32-42(33-29-40)59-53-27-13-18-39-17-12-23-48(56(39)53)57-43-19-5-4-14-37(43)31-35-54(57)59/h1-9,11-24,26,28-36,53,55H,10,25,27H2. The lowest BCUT2D eigenvalue weighted by molar-refractivity contribution is 0.696. The van der Waals surface area contributed by atoms with E-state index in [0.29, 0.717) is 0 Å². The van der Waals surface area contributed by atoms with Crippen molar-refractivity contribution in [3.63, 3.8) is 0 Å². The van der Waals surface area contributed by atoms with Crippen LogP contribution in [0.2, 0.25) is 0 Å². The fraction of sp³-hybridized carbons (Fsp3) is 0.103. The zero-order chi connectivity index (χ0) is 38.7. The molecule has 0 amide bonds. The first-order valence-electron chi connectivity index (χ1n) is 21.3. The Kier molecular flexibility index (Phi) is 7.01. The molecule has 1 aliphatic heterocycles. The van der Waals surface area contributed by atoms with Crippen molar-refractivity contribution in [3.05, 3.63) is 250 Å². The lowest BCUT2D eigenvalue weighted by atomic mass is 9.67. The topological polar surface area (TPSA) is 3.24 Å². The molecule has 0 saturated carbocycles. The van der Waals surface area contributed by atoms with Crippen LogP contribution >= 0.6 is 0 Å². The van der Waals surface area contributed by atoms with E-state index < -0.39 is 0 Å². The highest BCUT2D eigenvalue weighted by Gasteiger charge is 2.52. The molecule has 1 heteroatoms. The highest BCUT2D eigenvalue weighted by atomic mass is 15.2. The first kappa shape index (κ1) is 33.1. The van der Waals surface area contributed by atoms with E-state index >= 15 is 0 Å². The molecule has 1 heterocycles. The Morgan fingerprint density at radius 1 is 0.525 bits per heavy atom. The molecular formula is C58H41N. The van der Waals surface area contributed by atoms with Crippen molar-refractivity contribution in [2.24, 2.45) is 0 Å². The molecule has 0 aromatic heterocycles. The summed E-state index contributed by atoms with van der Waals surface area (Å²) in [7, 11) is 0. The zero-order valence-electron chi connectivity index (χ0n) is 32.8. The van der Waals surface area contributed by atoms with E-state index in [1.807, 2.05) is 0 Å². The zero-order valence-corrected chi connectivity index (χ0v) is 32.8. The van der Waals surface area contributed by atoms with E-state index in [9.17, 15) is 0 Å². The quantitative estimate of drug-likeness (QED) is 0.162. The Bertz CT molecular complexity index is 3140. The minimum absolute atomic E-state index is 0.0650. The Balaban J connectivity index is 0.980. The predicted octanol–water partition coefficient (Wildman–Crippen LogP) is 14.7. The maximum Gasteiger partial charge on any atom is 0.0688 e. The average molecular weight is 752 g/mol. The van der Waals surface area contributed by atoms with Gasteiger partial charge in [0.2, 0.25) is 0 Å². The van der Waals surface area contributed by atoms with Crippen molar-refractivity contribution >= 4 is 33.8 Å². The molecule has 3 atom stereocenters. The van der Waals surface area contributed by atoms with Gasteiger partial charge in [-0.25, -0.2) is 0 Å². The van der Waals surface area contributed by atoms with Crippen LogP contribution in [-0.2, 0) is 5.41 Å². The third kappa shape index (κ3) is 4.51. The summed E-state index contributed by atoms with van der Waals surface area (Å²) < 4.78 is 0. The second-order valence-electron chi connectivity index (χ2n) is 16.9. The van der Waals surface area contributed by atoms with Gasteiger partial charge in [-0.2, -0.15) is 0 Å². The number of benzene rings is 8. The van der Waals surface area contributed by atoms with Gasteiger partial charge in [0.1, 0.15) is 0 Å². The number of hydrogen-bond acceptors (Lipinski definition) is 1. The van der Waals surface area contributed by atoms with Crippen LogP contribution in [0.3, 0.4) is 0 Å². The maximum absolute atomic E-state index is 2.62. The summed E-state index contributed by atoms with van der Waals surface area (Å²) in [5, 5.41) is 2.59.